The van der Waals surface area contributed by atoms with Crippen LogP contribution in [0.2, 0.25) is 0 Å². The summed E-state index contributed by atoms with van der Waals surface area (Å²) in [5.74, 6) is 0. The molecule has 0 saturated heterocycles. The van der Waals surface area contributed by atoms with Crippen molar-refractivity contribution >= 4 is 29.4 Å². The van der Waals surface area contributed by atoms with Gasteiger partial charge in [-0.2, -0.15) is 13.5 Å². The van der Waals surface area contributed by atoms with Gasteiger partial charge in [0.15, 0.2) is 0 Å². The lowest BCUT2D eigenvalue weighted by Gasteiger charge is -2.09. The Morgan fingerprint density at radius 3 is 1.41 bits per heavy atom. The van der Waals surface area contributed by atoms with Gasteiger partial charge < -0.3 is 0 Å². The maximum absolute atomic E-state index is 3.75. The molecular weight excluding hydrogens is 292 g/mol. The van der Waals surface area contributed by atoms with Crippen LogP contribution in [0.4, 0.5) is 0 Å². The van der Waals surface area contributed by atoms with E-state index in [-0.39, 0.29) is 13.5 Å². The Morgan fingerprint density at radius 2 is 1.06 bits per heavy atom. The number of rotatable bonds is 4. The third-order valence-electron chi connectivity index (χ3n) is 2.60. The first-order valence-corrected chi connectivity index (χ1v) is 6.48. The Hall–Kier alpha value is -0.730. The summed E-state index contributed by atoms with van der Waals surface area (Å²) in [6, 6.07) is 21.2. The molecule has 0 N–H and O–H groups in total. The predicted molar refractivity (Wildman–Crippen MR) is 83.4 cm³/mol. The standard InChI is InChI=1S/C15H15Br.H2S/c16-15(11-13-7-3-1-4-8-13)12-14-9-5-2-6-10-14;/h1-10,15H,11-12H2;1H2. The zero-order valence-corrected chi connectivity index (χ0v) is 12.2. The SMILES string of the molecule is BrC(Cc1ccccc1)Cc1ccccc1.S. The van der Waals surface area contributed by atoms with Gasteiger partial charge in [0.25, 0.3) is 0 Å². The molecule has 0 amide bonds. The number of halogens is 1. The van der Waals surface area contributed by atoms with Crippen molar-refractivity contribution in [1.29, 1.82) is 0 Å². The molecule has 0 fully saturated rings. The van der Waals surface area contributed by atoms with Crippen LogP contribution in [-0.4, -0.2) is 4.83 Å². The van der Waals surface area contributed by atoms with Gasteiger partial charge in [-0.3, -0.25) is 0 Å². The predicted octanol–water partition coefficient (Wildman–Crippen LogP) is 4.35. The van der Waals surface area contributed by atoms with Gasteiger partial charge in [-0.15, -0.1) is 0 Å². The molecule has 2 aromatic carbocycles. The van der Waals surface area contributed by atoms with Crippen molar-refractivity contribution in [2.45, 2.75) is 17.7 Å². The van der Waals surface area contributed by atoms with Crippen molar-refractivity contribution in [2.75, 3.05) is 0 Å². The quantitative estimate of drug-likeness (QED) is 0.737. The molecule has 2 aromatic rings. The molecule has 0 radical (unpaired) electrons. The third-order valence-corrected chi connectivity index (χ3v) is 3.25. The van der Waals surface area contributed by atoms with Crippen molar-refractivity contribution < 1.29 is 0 Å². The van der Waals surface area contributed by atoms with Crippen LogP contribution in [0.25, 0.3) is 0 Å². The lowest BCUT2D eigenvalue weighted by Crippen LogP contribution is -2.06. The highest BCUT2D eigenvalue weighted by molar-refractivity contribution is 9.09. The summed E-state index contributed by atoms with van der Waals surface area (Å²) in [6.07, 6.45) is 2.16. The molecule has 0 saturated carbocycles. The number of hydrogen-bond donors (Lipinski definition) is 0. The molecule has 2 heteroatoms. The lowest BCUT2D eigenvalue weighted by molar-refractivity contribution is 0.856. The summed E-state index contributed by atoms with van der Waals surface area (Å²) in [5.41, 5.74) is 2.78. The van der Waals surface area contributed by atoms with Gasteiger partial charge in [-0.25, -0.2) is 0 Å². The minimum atomic E-state index is 0. The maximum atomic E-state index is 3.75. The van der Waals surface area contributed by atoms with Gasteiger partial charge in [0.05, 0.1) is 0 Å². The minimum Gasteiger partial charge on any atom is -0.197 e. The van der Waals surface area contributed by atoms with Crippen LogP contribution >= 0.6 is 29.4 Å². The van der Waals surface area contributed by atoms with Crippen molar-refractivity contribution in [2.24, 2.45) is 0 Å². The van der Waals surface area contributed by atoms with E-state index >= 15 is 0 Å². The van der Waals surface area contributed by atoms with Gasteiger partial charge in [-0.1, -0.05) is 76.6 Å². The van der Waals surface area contributed by atoms with Crippen LogP contribution in [0, 0.1) is 0 Å². The molecule has 0 aliphatic heterocycles. The normalized spacial score (nSPS) is 10.0. The summed E-state index contributed by atoms with van der Waals surface area (Å²) in [6.45, 7) is 0. The number of hydrogen-bond acceptors (Lipinski definition) is 0. The van der Waals surface area contributed by atoms with Crippen molar-refractivity contribution in [3.63, 3.8) is 0 Å². The lowest BCUT2D eigenvalue weighted by atomic mass is 10.0. The molecule has 90 valence electrons. The molecule has 0 unspecified atom stereocenters. The van der Waals surface area contributed by atoms with E-state index in [1.807, 2.05) is 0 Å². The van der Waals surface area contributed by atoms with Crippen molar-refractivity contribution in [1.82, 2.24) is 0 Å². The van der Waals surface area contributed by atoms with Crippen LogP contribution in [-0.2, 0) is 12.8 Å². The average Bonchev–Trinajstić information content (AvgIpc) is 2.31. The molecule has 0 spiro atoms. The summed E-state index contributed by atoms with van der Waals surface area (Å²) in [5, 5.41) is 0. The molecule has 0 heterocycles. The smallest absolute Gasteiger partial charge is 0.0226 e. The highest BCUT2D eigenvalue weighted by Gasteiger charge is 2.05. The first kappa shape index (κ1) is 14.3. The van der Waals surface area contributed by atoms with E-state index in [1.54, 1.807) is 0 Å². The molecule has 0 aliphatic rings. The fraction of sp³-hybridized carbons (Fsp3) is 0.200. The minimum absolute atomic E-state index is 0. The summed E-state index contributed by atoms with van der Waals surface area (Å²) < 4.78 is 0. The monoisotopic (exact) mass is 308 g/mol. The molecular formula is C15H17BrS. The van der Waals surface area contributed by atoms with Gasteiger partial charge in [-0.05, 0) is 24.0 Å². The fourth-order valence-corrected chi connectivity index (χ4v) is 2.56. The highest BCUT2D eigenvalue weighted by Crippen LogP contribution is 2.15. The largest absolute Gasteiger partial charge is 0.197 e. The third kappa shape index (κ3) is 4.97. The average molecular weight is 309 g/mol. The topological polar surface area (TPSA) is 0 Å². The molecule has 0 aliphatic carbocycles. The molecule has 0 bridgehead atoms. The highest BCUT2D eigenvalue weighted by atomic mass is 79.9. The van der Waals surface area contributed by atoms with E-state index in [9.17, 15) is 0 Å². The summed E-state index contributed by atoms with van der Waals surface area (Å²) in [7, 11) is 0. The van der Waals surface area contributed by atoms with Crippen molar-refractivity contribution in [3.05, 3.63) is 71.8 Å². The van der Waals surface area contributed by atoms with Crippen LogP contribution < -0.4 is 0 Å². The van der Waals surface area contributed by atoms with Crippen LogP contribution in [0.1, 0.15) is 11.1 Å². The van der Waals surface area contributed by atoms with E-state index in [0.29, 0.717) is 4.83 Å². The Kier molecular flexibility index (Phi) is 6.38. The van der Waals surface area contributed by atoms with E-state index in [2.05, 4.69) is 76.6 Å². The second kappa shape index (κ2) is 7.57. The van der Waals surface area contributed by atoms with Crippen LogP contribution in [0.3, 0.4) is 0 Å². The van der Waals surface area contributed by atoms with Crippen LogP contribution in [0.15, 0.2) is 60.7 Å². The number of benzene rings is 2. The first-order valence-electron chi connectivity index (χ1n) is 5.56. The van der Waals surface area contributed by atoms with E-state index < -0.39 is 0 Å². The molecule has 17 heavy (non-hydrogen) atoms. The van der Waals surface area contributed by atoms with E-state index in [0.717, 1.165) is 12.8 Å². The molecule has 0 nitrogen and oxygen atoms in total. The van der Waals surface area contributed by atoms with Gasteiger partial charge in [0, 0.05) is 4.83 Å². The Bertz CT molecular complexity index is 372. The Balaban J connectivity index is 0.00000144. The Morgan fingerprint density at radius 1 is 0.706 bits per heavy atom. The van der Waals surface area contributed by atoms with E-state index in [1.165, 1.54) is 11.1 Å². The van der Waals surface area contributed by atoms with Gasteiger partial charge >= 0.3 is 0 Å². The fourth-order valence-electron chi connectivity index (χ4n) is 1.81. The zero-order chi connectivity index (χ0) is 11.2. The van der Waals surface area contributed by atoms with Crippen LogP contribution in [0.5, 0.6) is 0 Å². The van der Waals surface area contributed by atoms with Crippen molar-refractivity contribution in [3.8, 4) is 0 Å². The maximum Gasteiger partial charge on any atom is 0.0226 e. The summed E-state index contributed by atoms with van der Waals surface area (Å²) >= 11 is 3.75. The first-order chi connectivity index (χ1) is 7.84. The second-order valence-corrected chi connectivity index (χ2v) is 5.27. The second-order valence-electron chi connectivity index (χ2n) is 3.98. The number of alkyl halides is 1. The van der Waals surface area contributed by atoms with Gasteiger partial charge in [0.2, 0.25) is 0 Å². The summed E-state index contributed by atoms with van der Waals surface area (Å²) in [4.78, 5) is 0.511. The Labute approximate surface area is 119 Å². The molecule has 0 atom stereocenters. The zero-order valence-electron chi connectivity index (χ0n) is 9.64. The molecule has 2 rings (SSSR count). The van der Waals surface area contributed by atoms with Gasteiger partial charge in [0.1, 0.15) is 0 Å². The molecule has 0 aromatic heterocycles. The van der Waals surface area contributed by atoms with E-state index in [4.69, 9.17) is 0 Å².